The molecule has 1 rings (SSSR count). The Balaban J connectivity index is 0.00000484. The van der Waals surface area contributed by atoms with Crippen LogP contribution in [0.25, 0.3) is 5.32 Å². The van der Waals surface area contributed by atoms with Gasteiger partial charge in [0.05, 0.1) is 18.9 Å². The van der Waals surface area contributed by atoms with E-state index in [4.69, 9.17) is 4.74 Å². The van der Waals surface area contributed by atoms with Crippen molar-refractivity contribution >= 4 is 28.9 Å². The standard InChI is InChI=1S/C16H19NO5.Rb/c1-11(18)7-15(20)8-13-3-5-14(6-4-13)17-16(21)10-22-9-12(2)19;/h3-6H,7-10H2,1-2H3,(H,17,21);/q;+1/p-1. The maximum Gasteiger partial charge on any atom is 1.00 e. The molecule has 1 amide bonds. The topological polar surface area (TPSA) is 91.6 Å². The summed E-state index contributed by atoms with van der Waals surface area (Å²) in [7, 11) is 0. The number of rotatable bonds is 9. The van der Waals surface area contributed by atoms with Crippen LogP contribution in [0.1, 0.15) is 25.8 Å². The second-order valence-corrected chi connectivity index (χ2v) is 4.96. The molecule has 1 aromatic rings. The molecular weight excluding hydrogens is 372 g/mol. The van der Waals surface area contributed by atoms with Crippen molar-refractivity contribution in [2.45, 2.75) is 26.7 Å². The molecule has 0 heterocycles. The first-order chi connectivity index (χ1) is 10.4. The van der Waals surface area contributed by atoms with Crippen LogP contribution in [0.3, 0.4) is 0 Å². The summed E-state index contributed by atoms with van der Waals surface area (Å²) in [4.78, 5) is 44.5. The predicted octanol–water partition coefficient (Wildman–Crippen LogP) is -1.08. The van der Waals surface area contributed by atoms with Gasteiger partial charge in [-0.2, -0.15) is 0 Å². The van der Waals surface area contributed by atoms with E-state index in [-0.39, 0.29) is 102 Å². The molecule has 1 aromatic carbocycles. The molecule has 6 nitrogen and oxygen atoms in total. The molecule has 0 N–H and O–H groups in total. The summed E-state index contributed by atoms with van der Waals surface area (Å²) in [6.07, 6.45) is 0.105. The summed E-state index contributed by atoms with van der Waals surface area (Å²) in [6, 6.07) is 6.58. The van der Waals surface area contributed by atoms with Crippen LogP contribution in [0, 0.1) is 0 Å². The molecule has 0 saturated heterocycles. The molecule has 0 saturated carbocycles. The van der Waals surface area contributed by atoms with Crippen molar-refractivity contribution in [2.24, 2.45) is 0 Å². The van der Waals surface area contributed by atoms with E-state index in [1.54, 1.807) is 24.3 Å². The maximum atomic E-state index is 11.5. The average molecular weight is 390 g/mol. The van der Waals surface area contributed by atoms with Gasteiger partial charge < -0.3 is 14.8 Å². The maximum absolute atomic E-state index is 11.5. The Morgan fingerprint density at radius 1 is 0.957 bits per heavy atom. The van der Waals surface area contributed by atoms with Gasteiger partial charge in [0.2, 0.25) is 0 Å². The van der Waals surface area contributed by atoms with Gasteiger partial charge in [0, 0.05) is 6.42 Å². The summed E-state index contributed by atoms with van der Waals surface area (Å²) in [5.74, 6) is -0.951. The third-order valence-electron chi connectivity index (χ3n) is 2.57. The SMILES string of the molecule is CC(=O)COCC(=O)[N-]c1ccc(CC(=O)CC(C)=O)cc1.[Rb+]. The Labute approximate surface area is 184 Å². The van der Waals surface area contributed by atoms with E-state index in [2.05, 4.69) is 5.32 Å². The number of hydrogen-bond acceptors (Lipinski definition) is 5. The van der Waals surface area contributed by atoms with Gasteiger partial charge in [0.15, 0.2) is 5.78 Å². The molecule has 7 heteroatoms. The number of ketones is 3. The third kappa shape index (κ3) is 10.8. The number of amides is 1. The molecule has 0 aliphatic rings. The molecule has 0 aliphatic heterocycles. The Morgan fingerprint density at radius 2 is 1.57 bits per heavy atom. The van der Waals surface area contributed by atoms with Crippen molar-refractivity contribution in [1.82, 2.24) is 0 Å². The van der Waals surface area contributed by atoms with Crippen molar-refractivity contribution in [3.63, 3.8) is 0 Å². The van der Waals surface area contributed by atoms with Crippen molar-refractivity contribution in [3.05, 3.63) is 35.1 Å². The molecule has 23 heavy (non-hydrogen) atoms. The van der Waals surface area contributed by atoms with Crippen LogP contribution < -0.4 is 58.2 Å². The Morgan fingerprint density at radius 3 is 2.09 bits per heavy atom. The van der Waals surface area contributed by atoms with Gasteiger partial charge >= 0.3 is 58.2 Å². The van der Waals surface area contributed by atoms with Crippen LogP contribution in [0.5, 0.6) is 0 Å². The predicted molar refractivity (Wildman–Crippen MR) is 80.0 cm³/mol. The van der Waals surface area contributed by atoms with E-state index in [1.807, 2.05) is 0 Å². The second-order valence-electron chi connectivity index (χ2n) is 4.96. The fraction of sp³-hybridized carbons (Fsp3) is 0.375. The largest absolute Gasteiger partial charge is 1.00 e. The van der Waals surface area contributed by atoms with Crippen molar-refractivity contribution < 1.29 is 82.1 Å². The minimum atomic E-state index is -0.485. The summed E-state index contributed by atoms with van der Waals surface area (Å²) in [5.41, 5.74) is 1.20. The van der Waals surface area contributed by atoms with E-state index in [9.17, 15) is 19.2 Å². The fourth-order valence-electron chi connectivity index (χ4n) is 1.71. The number of carbonyl (C=O) groups is 4. The zero-order chi connectivity index (χ0) is 16.5. The fourth-order valence-corrected chi connectivity index (χ4v) is 1.71. The minimum absolute atomic E-state index is 0. The number of nitrogens with zero attached hydrogens (tertiary/aromatic N) is 1. The van der Waals surface area contributed by atoms with E-state index in [0.29, 0.717) is 5.69 Å². The van der Waals surface area contributed by atoms with Crippen molar-refractivity contribution in [3.8, 4) is 0 Å². The summed E-state index contributed by atoms with van der Waals surface area (Å²) >= 11 is 0. The number of ether oxygens (including phenoxy) is 1. The molecule has 0 unspecified atom stereocenters. The van der Waals surface area contributed by atoms with E-state index in [0.717, 1.165) is 5.56 Å². The summed E-state index contributed by atoms with van der Waals surface area (Å²) in [5, 5.41) is 3.81. The summed E-state index contributed by atoms with van der Waals surface area (Å²) < 4.78 is 4.87. The van der Waals surface area contributed by atoms with Gasteiger partial charge in [-0.25, -0.2) is 0 Å². The van der Waals surface area contributed by atoms with Gasteiger partial charge in [0.25, 0.3) is 0 Å². The molecule has 0 radical (unpaired) electrons. The molecule has 0 fully saturated rings. The van der Waals surface area contributed by atoms with Crippen LogP contribution in [0.15, 0.2) is 24.3 Å². The second kappa shape index (κ2) is 11.9. The minimum Gasteiger partial charge on any atom is -0.625 e. The molecule has 0 aromatic heterocycles. The van der Waals surface area contributed by atoms with E-state index < -0.39 is 5.91 Å². The first-order valence-electron chi connectivity index (χ1n) is 6.78. The summed E-state index contributed by atoms with van der Waals surface area (Å²) in [6.45, 7) is 2.38. The first kappa shape index (κ1) is 22.5. The van der Waals surface area contributed by atoms with E-state index >= 15 is 0 Å². The zero-order valence-electron chi connectivity index (χ0n) is 13.6. The number of carbonyl (C=O) groups excluding carboxylic acids is 4. The molecule has 0 aliphatic carbocycles. The smallest absolute Gasteiger partial charge is 0.625 e. The normalized spacial score (nSPS) is 9.65. The van der Waals surface area contributed by atoms with E-state index in [1.165, 1.54) is 13.8 Å². The van der Waals surface area contributed by atoms with Crippen LogP contribution >= 0.6 is 0 Å². The van der Waals surface area contributed by atoms with Gasteiger partial charge in [-0.05, 0) is 19.4 Å². The van der Waals surface area contributed by atoms with Crippen LogP contribution in [-0.2, 0) is 30.3 Å². The molecule has 118 valence electrons. The third-order valence-corrected chi connectivity index (χ3v) is 2.57. The molecule has 0 spiro atoms. The molecule has 0 atom stereocenters. The van der Waals surface area contributed by atoms with Crippen molar-refractivity contribution in [2.75, 3.05) is 13.2 Å². The van der Waals surface area contributed by atoms with Crippen LogP contribution in [0.4, 0.5) is 5.69 Å². The van der Waals surface area contributed by atoms with Crippen molar-refractivity contribution in [1.29, 1.82) is 0 Å². The van der Waals surface area contributed by atoms with Crippen LogP contribution in [-0.4, -0.2) is 36.5 Å². The monoisotopic (exact) mass is 389 g/mol. The van der Waals surface area contributed by atoms with Gasteiger partial charge in [-0.1, -0.05) is 24.3 Å². The number of benzene rings is 1. The Hall–Kier alpha value is -0.535. The Kier molecular flexibility index (Phi) is 11.6. The zero-order valence-corrected chi connectivity index (χ0v) is 18.5. The van der Waals surface area contributed by atoms with Gasteiger partial charge in [-0.15, -0.1) is 5.69 Å². The van der Waals surface area contributed by atoms with Crippen LogP contribution in [0.2, 0.25) is 0 Å². The first-order valence-corrected chi connectivity index (χ1v) is 6.78. The number of hydrogen-bond donors (Lipinski definition) is 0. The average Bonchev–Trinajstić information content (AvgIpc) is 2.39. The number of Topliss-reactive ketones (excluding diaryl/α,β-unsaturated/α-hetero) is 3. The molecular formula is C16H18NO5Rb. The molecule has 0 bridgehead atoms. The Bertz CT molecular complexity index is 568. The quantitative estimate of drug-likeness (QED) is 0.501. The van der Waals surface area contributed by atoms with Gasteiger partial charge in [0.1, 0.15) is 18.2 Å². The van der Waals surface area contributed by atoms with Gasteiger partial charge in [-0.3, -0.25) is 14.4 Å².